The van der Waals surface area contributed by atoms with Crippen molar-refractivity contribution in [1.29, 1.82) is 0 Å². The SMILES string of the molecule is Br.Cc1nc(-c2ccc3ccccc3c2)n[nH]1. The summed E-state index contributed by atoms with van der Waals surface area (Å²) in [5.74, 6) is 1.59. The Morgan fingerprint density at radius 1 is 1.00 bits per heavy atom. The Kier molecular flexibility index (Phi) is 3.24. The molecule has 0 amide bonds. The van der Waals surface area contributed by atoms with E-state index in [1.165, 1.54) is 10.8 Å². The molecule has 3 nitrogen and oxygen atoms in total. The maximum atomic E-state index is 4.32. The average Bonchev–Trinajstić information content (AvgIpc) is 2.75. The number of halogens is 1. The van der Waals surface area contributed by atoms with Gasteiger partial charge in [-0.25, -0.2) is 4.98 Å². The van der Waals surface area contributed by atoms with Crippen molar-refractivity contribution in [3.05, 3.63) is 48.3 Å². The number of aromatic nitrogens is 3. The summed E-state index contributed by atoms with van der Waals surface area (Å²) in [6.07, 6.45) is 0. The van der Waals surface area contributed by atoms with Crippen LogP contribution in [0.4, 0.5) is 0 Å². The second-order valence-electron chi connectivity index (χ2n) is 3.81. The Morgan fingerprint density at radius 3 is 2.47 bits per heavy atom. The van der Waals surface area contributed by atoms with E-state index >= 15 is 0 Å². The maximum Gasteiger partial charge on any atom is 0.181 e. The number of rotatable bonds is 1. The highest BCUT2D eigenvalue weighted by molar-refractivity contribution is 8.93. The van der Waals surface area contributed by atoms with Crippen molar-refractivity contribution >= 4 is 27.8 Å². The van der Waals surface area contributed by atoms with E-state index in [4.69, 9.17) is 0 Å². The molecule has 2 aromatic carbocycles. The average molecular weight is 290 g/mol. The summed E-state index contributed by atoms with van der Waals surface area (Å²) in [6, 6.07) is 14.5. The third-order valence-electron chi connectivity index (χ3n) is 2.60. The third-order valence-corrected chi connectivity index (χ3v) is 2.60. The lowest BCUT2D eigenvalue weighted by Gasteiger charge is -1.99. The number of aromatic amines is 1. The van der Waals surface area contributed by atoms with E-state index in [9.17, 15) is 0 Å². The van der Waals surface area contributed by atoms with Crippen molar-refractivity contribution in [2.75, 3.05) is 0 Å². The molecular formula is C13H12BrN3. The minimum absolute atomic E-state index is 0. The Balaban J connectivity index is 0.00000108. The fourth-order valence-electron chi connectivity index (χ4n) is 1.80. The van der Waals surface area contributed by atoms with Gasteiger partial charge in [-0.15, -0.1) is 17.0 Å². The normalized spacial score (nSPS) is 10.2. The van der Waals surface area contributed by atoms with Crippen LogP contribution in [-0.2, 0) is 0 Å². The van der Waals surface area contributed by atoms with Crippen LogP contribution in [0.25, 0.3) is 22.2 Å². The van der Waals surface area contributed by atoms with Crippen LogP contribution in [-0.4, -0.2) is 15.2 Å². The first-order chi connectivity index (χ1) is 7.83. The molecule has 1 aromatic heterocycles. The summed E-state index contributed by atoms with van der Waals surface area (Å²) in [5, 5.41) is 9.46. The van der Waals surface area contributed by atoms with Crippen LogP contribution in [0, 0.1) is 6.92 Å². The van der Waals surface area contributed by atoms with Crippen molar-refractivity contribution in [1.82, 2.24) is 15.2 Å². The largest absolute Gasteiger partial charge is 0.263 e. The molecule has 0 saturated heterocycles. The molecule has 3 rings (SSSR count). The third kappa shape index (κ3) is 2.22. The zero-order chi connectivity index (χ0) is 11.0. The van der Waals surface area contributed by atoms with Gasteiger partial charge in [0, 0.05) is 5.56 Å². The van der Waals surface area contributed by atoms with Crippen molar-refractivity contribution in [2.45, 2.75) is 6.92 Å². The second-order valence-corrected chi connectivity index (χ2v) is 3.81. The highest BCUT2D eigenvalue weighted by Crippen LogP contribution is 2.21. The number of hydrogen-bond acceptors (Lipinski definition) is 2. The Hall–Kier alpha value is -1.68. The van der Waals surface area contributed by atoms with Crippen LogP contribution in [0.1, 0.15) is 5.82 Å². The summed E-state index contributed by atoms with van der Waals surface area (Å²) in [5.41, 5.74) is 1.04. The fraction of sp³-hybridized carbons (Fsp3) is 0.0769. The predicted octanol–water partition coefficient (Wildman–Crippen LogP) is 3.51. The van der Waals surface area contributed by atoms with Crippen LogP contribution in [0.5, 0.6) is 0 Å². The molecule has 4 heteroatoms. The zero-order valence-corrected chi connectivity index (χ0v) is 11.1. The molecule has 0 aliphatic carbocycles. The Bertz CT molecular complexity index is 646. The number of H-pyrrole nitrogens is 1. The summed E-state index contributed by atoms with van der Waals surface area (Å²) in [4.78, 5) is 4.32. The van der Waals surface area contributed by atoms with Gasteiger partial charge in [0.25, 0.3) is 0 Å². The smallest absolute Gasteiger partial charge is 0.181 e. The highest BCUT2D eigenvalue weighted by atomic mass is 79.9. The number of nitrogens with zero attached hydrogens (tertiary/aromatic N) is 2. The molecule has 1 heterocycles. The first-order valence-electron chi connectivity index (χ1n) is 5.21. The van der Waals surface area contributed by atoms with Gasteiger partial charge in [0.2, 0.25) is 0 Å². The van der Waals surface area contributed by atoms with Gasteiger partial charge >= 0.3 is 0 Å². The molecule has 0 spiro atoms. The molecule has 0 aliphatic rings. The molecule has 3 aromatic rings. The van der Waals surface area contributed by atoms with Crippen LogP contribution >= 0.6 is 17.0 Å². The van der Waals surface area contributed by atoms with E-state index in [0.29, 0.717) is 0 Å². The monoisotopic (exact) mass is 289 g/mol. The summed E-state index contributed by atoms with van der Waals surface area (Å²) in [7, 11) is 0. The van der Waals surface area contributed by atoms with E-state index in [1.807, 2.05) is 25.1 Å². The lowest BCUT2D eigenvalue weighted by atomic mass is 10.1. The highest BCUT2D eigenvalue weighted by Gasteiger charge is 2.03. The lowest BCUT2D eigenvalue weighted by Crippen LogP contribution is -1.81. The summed E-state index contributed by atoms with van der Waals surface area (Å²) < 4.78 is 0. The Morgan fingerprint density at radius 2 is 1.76 bits per heavy atom. The molecule has 17 heavy (non-hydrogen) atoms. The number of fused-ring (bicyclic) bond motifs is 1. The number of benzene rings is 2. The van der Waals surface area contributed by atoms with Gasteiger partial charge < -0.3 is 0 Å². The van der Waals surface area contributed by atoms with E-state index in [-0.39, 0.29) is 17.0 Å². The predicted molar refractivity (Wildman–Crippen MR) is 74.4 cm³/mol. The van der Waals surface area contributed by atoms with Crippen molar-refractivity contribution < 1.29 is 0 Å². The van der Waals surface area contributed by atoms with E-state index in [1.54, 1.807) is 0 Å². The number of aryl methyl sites for hydroxylation is 1. The van der Waals surface area contributed by atoms with Crippen LogP contribution in [0.2, 0.25) is 0 Å². The van der Waals surface area contributed by atoms with Gasteiger partial charge in [-0.3, -0.25) is 5.10 Å². The molecule has 0 fully saturated rings. The van der Waals surface area contributed by atoms with Gasteiger partial charge in [-0.2, -0.15) is 5.10 Å². The number of hydrogen-bond donors (Lipinski definition) is 1. The Labute approximate surface area is 110 Å². The molecule has 0 atom stereocenters. The quantitative estimate of drug-likeness (QED) is 0.745. The lowest BCUT2D eigenvalue weighted by molar-refractivity contribution is 1.04. The zero-order valence-electron chi connectivity index (χ0n) is 9.34. The van der Waals surface area contributed by atoms with Crippen LogP contribution in [0.3, 0.4) is 0 Å². The maximum absolute atomic E-state index is 4.32. The van der Waals surface area contributed by atoms with Gasteiger partial charge in [0.15, 0.2) is 5.82 Å². The van der Waals surface area contributed by atoms with E-state index in [2.05, 4.69) is 39.4 Å². The molecule has 0 unspecified atom stereocenters. The fourth-order valence-corrected chi connectivity index (χ4v) is 1.80. The van der Waals surface area contributed by atoms with E-state index < -0.39 is 0 Å². The molecule has 0 aliphatic heterocycles. The topological polar surface area (TPSA) is 41.6 Å². The standard InChI is InChI=1S/C13H11N3.BrH/c1-9-14-13(16-15-9)12-7-6-10-4-2-3-5-11(10)8-12;/h2-8H,1H3,(H,14,15,16);1H. The van der Waals surface area contributed by atoms with Crippen LogP contribution in [0.15, 0.2) is 42.5 Å². The minimum Gasteiger partial charge on any atom is -0.263 e. The molecule has 0 radical (unpaired) electrons. The summed E-state index contributed by atoms with van der Waals surface area (Å²) >= 11 is 0. The minimum atomic E-state index is 0. The molecule has 86 valence electrons. The molecule has 1 N–H and O–H groups in total. The van der Waals surface area contributed by atoms with Gasteiger partial charge in [-0.05, 0) is 23.8 Å². The van der Waals surface area contributed by atoms with Crippen molar-refractivity contribution in [2.24, 2.45) is 0 Å². The number of nitrogens with one attached hydrogen (secondary N) is 1. The van der Waals surface area contributed by atoms with Gasteiger partial charge in [0.05, 0.1) is 0 Å². The van der Waals surface area contributed by atoms with E-state index in [0.717, 1.165) is 17.2 Å². The van der Waals surface area contributed by atoms with Gasteiger partial charge in [-0.1, -0.05) is 36.4 Å². The molecule has 0 saturated carbocycles. The molecule has 0 bridgehead atoms. The van der Waals surface area contributed by atoms with Gasteiger partial charge in [0.1, 0.15) is 5.82 Å². The van der Waals surface area contributed by atoms with Crippen LogP contribution < -0.4 is 0 Å². The van der Waals surface area contributed by atoms with Crippen molar-refractivity contribution in [3.8, 4) is 11.4 Å². The molecular weight excluding hydrogens is 278 g/mol. The van der Waals surface area contributed by atoms with Crippen molar-refractivity contribution in [3.63, 3.8) is 0 Å². The summed E-state index contributed by atoms with van der Waals surface area (Å²) in [6.45, 7) is 1.90. The second kappa shape index (κ2) is 4.67. The first kappa shape index (κ1) is 11.8. The first-order valence-corrected chi connectivity index (χ1v) is 5.21.